The van der Waals surface area contributed by atoms with Gasteiger partial charge in [-0.2, -0.15) is 11.8 Å². The Labute approximate surface area is 115 Å². The quantitative estimate of drug-likeness (QED) is 0.335. The number of hydrogen-bond acceptors (Lipinski definition) is 2. The second kappa shape index (κ2) is 12.4. The summed E-state index contributed by atoms with van der Waals surface area (Å²) in [6.07, 6.45) is 2.11. The van der Waals surface area contributed by atoms with Crippen LogP contribution in [0.5, 0.6) is 0 Å². The molecule has 0 heterocycles. The number of halogens is 1. The maximum atomic E-state index is 4.47. The first kappa shape index (κ1) is 17.7. The van der Waals surface area contributed by atoms with E-state index in [0.717, 1.165) is 31.3 Å². The fraction of sp³-hybridized carbons (Fsp3) is 0.900. The SMILES string of the molecule is CCNC(=NCC(C)C)NCCSC.I. The summed E-state index contributed by atoms with van der Waals surface area (Å²) in [6.45, 7) is 9.22. The Morgan fingerprint density at radius 1 is 1.33 bits per heavy atom. The number of hydrogen-bond donors (Lipinski definition) is 2. The predicted molar refractivity (Wildman–Crippen MR) is 82.6 cm³/mol. The molecule has 0 unspecified atom stereocenters. The second-order valence-corrected chi connectivity index (χ2v) is 4.52. The molecule has 0 saturated heterocycles. The molecular formula is C10H24IN3S. The number of nitrogens with one attached hydrogen (secondary N) is 2. The van der Waals surface area contributed by atoms with Gasteiger partial charge in [0.2, 0.25) is 0 Å². The van der Waals surface area contributed by atoms with Crippen LogP contribution in [0, 0.1) is 5.92 Å². The Kier molecular flexibility index (Phi) is 14.7. The maximum Gasteiger partial charge on any atom is 0.191 e. The second-order valence-electron chi connectivity index (χ2n) is 3.53. The van der Waals surface area contributed by atoms with Crippen LogP contribution in [0.1, 0.15) is 20.8 Å². The van der Waals surface area contributed by atoms with Crippen molar-refractivity contribution in [2.75, 3.05) is 31.6 Å². The lowest BCUT2D eigenvalue weighted by atomic mass is 10.2. The van der Waals surface area contributed by atoms with Crippen LogP contribution in [-0.2, 0) is 0 Å². The lowest BCUT2D eigenvalue weighted by Crippen LogP contribution is -2.38. The number of aliphatic imine (C=N–C) groups is 1. The van der Waals surface area contributed by atoms with E-state index < -0.39 is 0 Å². The zero-order valence-corrected chi connectivity index (χ0v) is 13.3. The van der Waals surface area contributed by atoms with E-state index in [1.54, 1.807) is 0 Å². The molecule has 0 amide bonds. The molecule has 0 aliphatic carbocycles. The van der Waals surface area contributed by atoms with Crippen molar-refractivity contribution in [3.05, 3.63) is 0 Å². The molecule has 0 atom stereocenters. The molecule has 0 spiro atoms. The minimum Gasteiger partial charge on any atom is -0.357 e. The molecule has 92 valence electrons. The number of guanidine groups is 1. The summed E-state index contributed by atoms with van der Waals surface area (Å²) in [5, 5.41) is 6.52. The van der Waals surface area contributed by atoms with E-state index in [1.165, 1.54) is 0 Å². The molecule has 15 heavy (non-hydrogen) atoms. The molecular weight excluding hydrogens is 321 g/mol. The van der Waals surface area contributed by atoms with E-state index in [4.69, 9.17) is 0 Å². The topological polar surface area (TPSA) is 36.4 Å². The van der Waals surface area contributed by atoms with E-state index >= 15 is 0 Å². The van der Waals surface area contributed by atoms with Crippen molar-refractivity contribution in [3.63, 3.8) is 0 Å². The van der Waals surface area contributed by atoms with Gasteiger partial charge >= 0.3 is 0 Å². The maximum absolute atomic E-state index is 4.47. The average molecular weight is 345 g/mol. The summed E-state index contributed by atoms with van der Waals surface area (Å²) < 4.78 is 0. The monoisotopic (exact) mass is 345 g/mol. The van der Waals surface area contributed by atoms with Gasteiger partial charge in [0.1, 0.15) is 0 Å². The Morgan fingerprint density at radius 3 is 2.47 bits per heavy atom. The molecule has 3 nitrogen and oxygen atoms in total. The van der Waals surface area contributed by atoms with Crippen molar-refractivity contribution >= 4 is 41.7 Å². The summed E-state index contributed by atoms with van der Waals surface area (Å²) in [5.41, 5.74) is 0. The van der Waals surface area contributed by atoms with Gasteiger partial charge in [0.15, 0.2) is 5.96 Å². The van der Waals surface area contributed by atoms with Crippen LogP contribution >= 0.6 is 35.7 Å². The highest BCUT2D eigenvalue weighted by atomic mass is 127. The standard InChI is InChI=1S/C10H23N3S.HI/c1-5-11-10(12-6-7-14-4)13-8-9(2)3;/h9H,5-8H2,1-4H3,(H2,11,12,13);1H. The zero-order chi connectivity index (χ0) is 10.8. The van der Waals surface area contributed by atoms with Gasteiger partial charge in [-0.1, -0.05) is 13.8 Å². The van der Waals surface area contributed by atoms with Crippen LogP contribution in [0.25, 0.3) is 0 Å². The van der Waals surface area contributed by atoms with Gasteiger partial charge in [-0.05, 0) is 19.1 Å². The minimum atomic E-state index is 0. The van der Waals surface area contributed by atoms with Crippen molar-refractivity contribution < 1.29 is 0 Å². The number of nitrogens with zero attached hydrogens (tertiary/aromatic N) is 1. The van der Waals surface area contributed by atoms with Crippen molar-refractivity contribution in [3.8, 4) is 0 Å². The summed E-state index contributed by atoms with van der Waals surface area (Å²) in [6, 6.07) is 0. The minimum absolute atomic E-state index is 0. The van der Waals surface area contributed by atoms with E-state index in [-0.39, 0.29) is 24.0 Å². The number of thioether (sulfide) groups is 1. The molecule has 0 aliphatic rings. The molecule has 0 radical (unpaired) electrons. The first-order chi connectivity index (χ1) is 6.70. The lowest BCUT2D eigenvalue weighted by molar-refractivity contribution is 0.658. The van der Waals surface area contributed by atoms with Crippen LogP contribution in [0.4, 0.5) is 0 Å². The Morgan fingerprint density at radius 2 is 2.00 bits per heavy atom. The Balaban J connectivity index is 0. The highest BCUT2D eigenvalue weighted by Crippen LogP contribution is 1.91. The molecule has 0 rings (SSSR count). The van der Waals surface area contributed by atoms with Crippen molar-refractivity contribution in [1.82, 2.24) is 10.6 Å². The van der Waals surface area contributed by atoms with Crippen molar-refractivity contribution in [2.45, 2.75) is 20.8 Å². The molecule has 0 aliphatic heterocycles. The van der Waals surface area contributed by atoms with Crippen LogP contribution in [0.3, 0.4) is 0 Å². The first-order valence-corrected chi connectivity index (χ1v) is 6.61. The van der Waals surface area contributed by atoms with Gasteiger partial charge in [-0.3, -0.25) is 4.99 Å². The highest BCUT2D eigenvalue weighted by Gasteiger charge is 1.96. The molecule has 2 N–H and O–H groups in total. The van der Waals surface area contributed by atoms with Crippen molar-refractivity contribution in [2.24, 2.45) is 10.9 Å². The fourth-order valence-corrected chi connectivity index (χ4v) is 1.19. The summed E-state index contributed by atoms with van der Waals surface area (Å²) in [5.74, 6) is 2.67. The van der Waals surface area contributed by atoms with Crippen LogP contribution in [-0.4, -0.2) is 37.6 Å². The van der Waals surface area contributed by atoms with E-state index in [9.17, 15) is 0 Å². The summed E-state index contributed by atoms with van der Waals surface area (Å²) >= 11 is 1.84. The van der Waals surface area contributed by atoms with Crippen LogP contribution < -0.4 is 10.6 Å². The van der Waals surface area contributed by atoms with E-state index in [2.05, 4.69) is 42.7 Å². The Bertz CT molecular complexity index is 163. The van der Waals surface area contributed by atoms with Crippen LogP contribution in [0.2, 0.25) is 0 Å². The third kappa shape index (κ3) is 12.3. The lowest BCUT2D eigenvalue weighted by Gasteiger charge is -2.11. The van der Waals surface area contributed by atoms with Gasteiger partial charge in [0, 0.05) is 25.4 Å². The predicted octanol–water partition coefficient (Wildman–Crippen LogP) is 2.18. The normalized spacial score (nSPS) is 11.1. The molecule has 0 fully saturated rings. The zero-order valence-electron chi connectivity index (χ0n) is 10.2. The third-order valence-electron chi connectivity index (χ3n) is 1.56. The number of rotatable bonds is 6. The molecule has 5 heteroatoms. The van der Waals surface area contributed by atoms with Crippen LogP contribution in [0.15, 0.2) is 4.99 Å². The van der Waals surface area contributed by atoms with Gasteiger partial charge < -0.3 is 10.6 Å². The molecule has 0 saturated carbocycles. The van der Waals surface area contributed by atoms with E-state index in [1.807, 2.05) is 11.8 Å². The largest absolute Gasteiger partial charge is 0.357 e. The average Bonchev–Trinajstić information content (AvgIpc) is 2.14. The van der Waals surface area contributed by atoms with Gasteiger partial charge in [0.05, 0.1) is 0 Å². The summed E-state index contributed by atoms with van der Waals surface area (Å²) in [7, 11) is 0. The molecule has 0 bridgehead atoms. The Hall–Kier alpha value is 0.350. The summed E-state index contributed by atoms with van der Waals surface area (Å²) in [4.78, 5) is 4.47. The molecule has 0 aromatic heterocycles. The van der Waals surface area contributed by atoms with Gasteiger partial charge in [-0.25, -0.2) is 0 Å². The molecule has 0 aromatic carbocycles. The molecule has 0 aromatic rings. The third-order valence-corrected chi connectivity index (χ3v) is 2.17. The first-order valence-electron chi connectivity index (χ1n) is 5.21. The van der Waals surface area contributed by atoms with Crippen molar-refractivity contribution in [1.29, 1.82) is 0 Å². The highest BCUT2D eigenvalue weighted by molar-refractivity contribution is 14.0. The fourth-order valence-electron chi connectivity index (χ4n) is 0.887. The van der Waals surface area contributed by atoms with Gasteiger partial charge in [0.25, 0.3) is 0 Å². The smallest absolute Gasteiger partial charge is 0.191 e. The van der Waals surface area contributed by atoms with E-state index in [0.29, 0.717) is 5.92 Å². The van der Waals surface area contributed by atoms with Gasteiger partial charge in [-0.15, -0.1) is 24.0 Å².